The number of phenols is 1. The molecule has 1 aliphatic rings. The summed E-state index contributed by atoms with van der Waals surface area (Å²) in [6, 6.07) is 5.05. The van der Waals surface area contributed by atoms with E-state index >= 15 is 0 Å². The molecule has 2 rings (SSSR count). The first-order valence-corrected chi connectivity index (χ1v) is 8.99. The van der Waals surface area contributed by atoms with Crippen molar-refractivity contribution in [3.8, 4) is 11.5 Å². The molecule has 8 heteroatoms. The molecule has 1 fully saturated rings. The number of phenolic OH excluding ortho intramolecular Hbond substituents is 1. The number of methoxy groups -OCH3 is 1. The number of carboxylic acids is 1. The number of nitrogens with zero attached hydrogens (tertiary/aromatic N) is 1. The number of thioether (sulfide) groups is 1. The van der Waals surface area contributed by atoms with E-state index in [-0.39, 0.29) is 18.1 Å². The Labute approximate surface area is 155 Å². The summed E-state index contributed by atoms with van der Waals surface area (Å²) >= 11 is 6.45. The van der Waals surface area contributed by atoms with Gasteiger partial charge in [0.05, 0.1) is 12.0 Å². The van der Waals surface area contributed by atoms with Crippen LogP contribution in [0.1, 0.15) is 31.2 Å². The molecule has 0 bridgehead atoms. The number of para-hydroxylation sites is 1. The summed E-state index contributed by atoms with van der Waals surface area (Å²) in [4.78, 5) is 24.9. The average molecular weight is 381 g/mol. The summed E-state index contributed by atoms with van der Waals surface area (Å²) in [6.07, 6.45) is 3.73. The van der Waals surface area contributed by atoms with Gasteiger partial charge in [0.2, 0.25) is 0 Å². The molecule has 1 aromatic carbocycles. The van der Waals surface area contributed by atoms with Crippen LogP contribution < -0.4 is 4.74 Å². The Morgan fingerprint density at radius 2 is 2.12 bits per heavy atom. The van der Waals surface area contributed by atoms with Crippen molar-refractivity contribution in [2.45, 2.75) is 25.7 Å². The largest absolute Gasteiger partial charge is 0.504 e. The summed E-state index contributed by atoms with van der Waals surface area (Å²) in [5, 5.41) is 18.7. The number of hydrogen-bond donors (Lipinski definition) is 2. The second kappa shape index (κ2) is 8.87. The summed E-state index contributed by atoms with van der Waals surface area (Å²) in [6.45, 7) is 0.464. The standard InChI is InChI=1S/C17H19NO5S2/c1-23-12-7-5-6-11(15(12)21)10-13-16(22)18(17(24)25-13)9-4-2-3-8-14(19)20/h5-7,10,21H,2-4,8-9H2,1H3,(H,19,20). The predicted molar refractivity (Wildman–Crippen MR) is 101 cm³/mol. The fourth-order valence-electron chi connectivity index (χ4n) is 2.38. The summed E-state index contributed by atoms with van der Waals surface area (Å²) in [7, 11) is 1.46. The monoisotopic (exact) mass is 381 g/mol. The number of amides is 1. The van der Waals surface area contributed by atoms with Crippen molar-refractivity contribution >= 4 is 46.3 Å². The van der Waals surface area contributed by atoms with E-state index in [1.54, 1.807) is 24.3 Å². The van der Waals surface area contributed by atoms with Crippen molar-refractivity contribution in [2.24, 2.45) is 0 Å². The molecule has 1 aromatic rings. The van der Waals surface area contributed by atoms with E-state index in [4.69, 9.17) is 22.1 Å². The lowest BCUT2D eigenvalue weighted by Crippen LogP contribution is -2.29. The number of aromatic hydroxyl groups is 1. The van der Waals surface area contributed by atoms with Crippen LogP contribution in [0, 0.1) is 0 Å². The molecule has 0 atom stereocenters. The number of ether oxygens (including phenoxy) is 1. The van der Waals surface area contributed by atoms with Crippen LogP contribution in [0.2, 0.25) is 0 Å². The molecular weight excluding hydrogens is 362 g/mol. The van der Waals surface area contributed by atoms with Crippen LogP contribution in [0.3, 0.4) is 0 Å². The predicted octanol–water partition coefficient (Wildman–Crippen LogP) is 3.25. The highest BCUT2D eigenvalue weighted by Gasteiger charge is 2.31. The maximum atomic E-state index is 12.5. The van der Waals surface area contributed by atoms with Gasteiger partial charge in [-0.1, -0.05) is 42.5 Å². The molecule has 1 heterocycles. The lowest BCUT2D eigenvalue weighted by atomic mass is 10.1. The van der Waals surface area contributed by atoms with E-state index in [1.807, 2.05) is 0 Å². The van der Waals surface area contributed by atoms with Crippen LogP contribution in [-0.2, 0) is 9.59 Å². The van der Waals surface area contributed by atoms with Gasteiger partial charge in [-0.2, -0.15) is 0 Å². The van der Waals surface area contributed by atoms with E-state index in [0.29, 0.717) is 39.9 Å². The zero-order valence-corrected chi connectivity index (χ0v) is 15.4. The van der Waals surface area contributed by atoms with Crippen molar-refractivity contribution in [3.63, 3.8) is 0 Å². The van der Waals surface area contributed by atoms with E-state index in [9.17, 15) is 14.7 Å². The summed E-state index contributed by atoms with van der Waals surface area (Å²) < 4.78 is 5.53. The first-order chi connectivity index (χ1) is 11.9. The Morgan fingerprint density at radius 1 is 1.36 bits per heavy atom. The average Bonchev–Trinajstić information content (AvgIpc) is 2.83. The van der Waals surface area contributed by atoms with Crippen LogP contribution in [0.4, 0.5) is 0 Å². The highest BCUT2D eigenvalue weighted by molar-refractivity contribution is 8.26. The lowest BCUT2D eigenvalue weighted by Gasteiger charge is -2.13. The van der Waals surface area contributed by atoms with Gasteiger partial charge in [-0.3, -0.25) is 14.5 Å². The molecule has 0 saturated carbocycles. The van der Waals surface area contributed by atoms with E-state index in [0.717, 1.165) is 6.42 Å². The second-order valence-corrected chi connectivity index (χ2v) is 7.11. The number of carboxylic acid groups (broad SMARTS) is 1. The molecule has 1 amide bonds. The van der Waals surface area contributed by atoms with Crippen LogP contribution >= 0.6 is 24.0 Å². The Balaban J connectivity index is 2.02. The Morgan fingerprint density at radius 3 is 2.80 bits per heavy atom. The number of carbonyl (C=O) groups excluding carboxylic acids is 1. The number of rotatable bonds is 8. The maximum Gasteiger partial charge on any atom is 0.303 e. The zero-order chi connectivity index (χ0) is 18.4. The van der Waals surface area contributed by atoms with Gasteiger partial charge in [-0.25, -0.2) is 0 Å². The number of carbonyl (C=O) groups is 2. The van der Waals surface area contributed by atoms with Gasteiger partial charge < -0.3 is 14.9 Å². The summed E-state index contributed by atoms with van der Waals surface area (Å²) in [5.41, 5.74) is 0.487. The SMILES string of the molecule is COc1cccc(C=C2SC(=S)N(CCCCCC(=O)O)C2=O)c1O. The Bertz CT molecular complexity index is 717. The first-order valence-electron chi connectivity index (χ1n) is 7.77. The lowest BCUT2D eigenvalue weighted by molar-refractivity contribution is -0.137. The van der Waals surface area contributed by atoms with Gasteiger partial charge in [0.25, 0.3) is 5.91 Å². The Kier molecular flexibility index (Phi) is 6.83. The highest BCUT2D eigenvalue weighted by atomic mass is 32.2. The van der Waals surface area contributed by atoms with Gasteiger partial charge in [-0.05, 0) is 25.0 Å². The molecular formula is C17H19NO5S2. The van der Waals surface area contributed by atoms with Gasteiger partial charge in [0.15, 0.2) is 11.5 Å². The smallest absolute Gasteiger partial charge is 0.303 e. The molecule has 134 valence electrons. The second-order valence-electron chi connectivity index (χ2n) is 5.44. The molecule has 0 radical (unpaired) electrons. The molecule has 6 nitrogen and oxygen atoms in total. The van der Waals surface area contributed by atoms with Gasteiger partial charge in [0.1, 0.15) is 4.32 Å². The van der Waals surface area contributed by atoms with Gasteiger partial charge in [-0.15, -0.1) is 0 Å². The molecule has 1 aliphatic heterocycles. The number of unbranched alkanes of at least 4 members (excludes halogenated alkanes) is 2. The quantitative estimate of drug-likeness (QED) is 0.406. The molecule has 0 aromatic heterocycles. The fraction of sp³-hybridized carbons (Fsp3) is 0.353. The summed E-state index contributed by atoms with van der Waals surface area (Å²) in [5.74, 6) is -0.700. The Hall–Kier alpha value is -2.06. The van der Waals surface area contributed by atoms with Gasteiger partial charge in [0, 0.05) is 18.5 Å². The van der Waals surface area contributed by atoms with Crippen LogP contribution in [-0.4, -0.2) is 45.0 Å². The zero-order valence-electron chi connectivity index (χ0n) is 13.7. The van der Waals surface area contributed by atoms with Crippen molar-refractivity contribution in [2.75, 3.05) is 13.7 Å². The number of benzene rings is 1. The van der Waals surface area contributed by atoms with Crippen molar-refractivity contribution in [1.29, 1.82) is 0 Å². The number of hydrogen-bond acceptors (Lipinski definition) is 6. The van der Waals surface area contributed by atoms with E-state index in [1.165, 1.54) is 23.8 Å². The minimum absolute atomic E-state index is 0.0241. The minimum atomic E-state index is -0.813. The van der Waals surface area contributed by atoms with E-state index in [2.05, 4.69) is 0 Å². The molecule has 0 unspecified atom stereocenters. The molecule has 0 spiro atoms. The fourth-order valence-corrected chi connectivity index (χ4v) is 3.68. The first kappa shape index (κ1) is 19.3. The molecule has 0 aliphatic carbocycles. The number of aliphatic carboxylic acids is 1. The highest BCUT2D eigenvalue weighted by Crippen LogP contribution is 2.36. The minimum Gasteiger partial charge on any atom is -0.504 e. The van der Waals surface area contributed by atoms with E-state index < -0.39 is 5.97 Å². The topological polar surface area (TPSA) is 87.1 Å². The third kappa shape index (κ3) is 4.96. The third-order valence-corrected chi connectivity index (χ3v) is 5.06. The molecule has 2 N–H and O–H groups in total. The van der Waals surface area contributed by atoms with Gasteiger partial charge >= 0.3 is 5.97 Å². The van der Waals surface area contributed by atoms with Crippen molar-refractivity contribution in [1.82, 2.24) is 4.90 Å². The van der Waals surface area contributed by atoms with Crippen LogP contribution in [0.5, 0.6) is 11.5 Å². The molecule has 1 saturated heterocycles. The van der Waals surface area contributed by atoms with Crippen LogP contribution in [0.15, 0.2) is 23.1 Å². The normalized spacial score (nSPS) is 15.9. The molecule has 25 heavy (non-hydrogen) atoms. The maximum absolute atomic E-state index is 12.5. The van der Waals surface area contributed by atoms with Crippen molar-refractivity contribution in [3.05, 3.63) is 28.7 Å². The van der Waals surface area contributed by atoms with Crippen molar-refractivity contribution < 1.29 is 24.5 Å². The third-order valence-electron chi connectivity index (χ3n) is 3.68. The number of thiocarbonyl (C=S) groups is 1. The van der Waals surface area contributed by atoms with Crippen LogP contribution in [0.25, 0.3) is 6.08 Å².